The van der Waals surface area contributed by atoms with Gasteiger partial charge in [-0.1, -0.05) is 62.7 Å². The Balaban J connectivity index is 1.71. The Kier molecular flexibility index (Phi) is 6.90. The molecule has 0 saturated carbocycles. The zero-order valence-corrected chi connectivity index (χ0v) is 22.5. The van der Waals surface area contributed by atoms with Crippen molar-refractivity contribution in [1.29, 1.82) is 0 Å². The van der Waals surface area contributed by atoms with Gasteiger partial charge in [0.05, 0.1) is 11.4 Å². The monoisotopic (exact) mass is 532 g/mol. The van der Waals surface area contributed by atoms with Crippen LogP contribution in [-0.2, 0) is 12.0 Å². The van der Waals surface area contributed by atoms with Crippen LogP contribution in [-0.4, -0.2) is 19.5 Å². The second-order valence-corrected chi connectivity index (χ2v) is 10.5. The van der Waals surface area contributed by atoms with E-state index in [1.807, 2.05) is 68.6 Å². The lowest BCUT2D eigenvalue weighted by molar-refractivity contribution is 0.289. The van der Waals surface area contributed by atoms with Crippen LogP contribution in [0.15, 0.2) is 64.0 Å². The van der Waals surface area contributed by atoms with Crippen molar-refractivity contribution in [3.8, 4) is 22.8 Å². The molecule has 0 radical (unpaired) electrons. The number of benzene rings is 2. The van der Waals surface area contributed by atoms with Crippen LogP contribution in [0, 0.1) is 20.8 Å². The summed E-state index contributed by atoms with van der Waals surface area (Å²) in [5, 5.41) is 0. The Morgan fingerprint density at radius 1 is 1.00 bits per heavy atom. The van der Waals surface area contributed by atoms with Gasteiger partial charge in [0.25, 0.3) is 5.56 Å². The van der Waals surface area contributed by atoms with Gasteiger partial charge in [-0.15, -0.1) is 0 Å². The zero-order chi connectivity index (χ0) is 25.3. The SMILES string of the molecule is Cc1cccc(COc2nc(C)n(-c3cccc(-c4nc(C(C)(C)C)ncc4C)c3)c(=O)c2Br)c1. The summed E-state index contributed by atoms with van der Waals surface area (Å²) in [5.41, 5.74) is 5.20. The number of hydrogen-bond acceptors (Lipinski definition) is 5. The van der Waals surface area contributed by atoms with Gasteiger partial charge < -0.3 is 4.74 Å². The lowest BCUT2D eigenvalue weighted by Gasteiger charge is -2.18. The molecule has 4 rings (SSSR count). The van der Waals surface area contributed by atoms with Crippen molar-refractivity contribution < 1.29 is 4.74 Å². The van der Waals surface area contributed by atoms with E-state index >= 15 is 0 Å². The second-order valence-electron chi connectivity index (χ2n) is 9.72. The highest BCUT2D eigenvalue weighted by Crippen LogP contribution is 2.27. The Morgan fingerprint density at radius 2 is 1.74 bits per heavy atom. The van der Waals surface area contributed by atoms with E-state index in [2.05, 4.69) is 46.7 Å². The van der Waals surface area contributed by atoms with Crippen LogP contribution < -0.4 is 10.3 Å². The maximum Gasteiger partial charge on any atom is 0.276 e. The van der Waals surface area contributed by atoms with Gasteiger partial charge in [0, 0.05) is 17.2 Å². The molecule has 0 bridgehead atoms. The molecule has 0 fully saturated rings. The van der Waals surface area contributed by atoms with Gasteiger partial charge in [-0.25, -0.2) is 9.97 Å². The molecule has 2 aromatic heterocycles. The molecule has 0 aliphatic heterocycles. The van der Waals surface area contributed by atoms with E-state index in [1.165, 1.54) is 0 Å². The fourth-order valence-corrected chi connectivity index (χ4v) is 4.20. The summed E-state index contributed by atoms with van der Waals surface area (Å²) < 4.78 is 7.76. The summed E-state index contributed by atoms with van der Waals surface area (Å²) in [4.78, 5) is 27.3. The van der Waals surface area contributed by atoms with Gasteiger partial charge >= 0.3 is 0 Å². The van der Waals surface area contributed by atoms with E-state index in [9.17, 15) is 4.79 Å². The first-order chi connectivity index (χ1) is 16.5. The third kappa shape index (κ3) is 5.35. The molecular formula is C28H29BrN4O2. The largest absolute Gasteiger partial charge is 0.472 e. The van der Waals surface area contributed by atoms with Crippen LogP contribution in [0.3, 0.4) is 0 Å². The predicted molar refractivity (Wildman–Crippen MR) is 142 cm³/mol. The molecule has 0 aliphatic carbocycles. The molecule has 0 spiro atoms. The molecule has 0 amide bonds. The van der Waals surface area contributed by atoms with Crippen LogP contribution in [0.2, 0.25) is 0 Å². The predicted octanol–water partition coefficient (Wildman–Crippen LogP) is 6.25. The molecule has 4 aromatic rings. The fourth-order valence-electron chi connectivity index (χ4n) is 3.82. The van der Waals surface area contributed by atoms with Gasteiger partial charge in [-0.05, 0) is 60.0 Å². The normalized spacial score (nSPS) is 11.5. The fraction of sp³-hybridized carbons (Fsp3) is 0.286. The van der Waals surface area contributed by atoms with Crippen molar-refractivity contribution in [3.05, 3.63) is 97.9 Å². The molecule has 0 atom stereocenters. The highest BCUT2D eigenvalue weighted by molar-refractivity contribution is 9.10. The minimum absolute atomic E-state index is 0.170. The molecule has 2 heterocycles. The van der Waals surface area contributed by atoms with Crippen molar-refractivity contribution in [3.63, 3.8) is 0 Å². The number of rotatable bonds is 5. The maximum atomic E-state index is 13.3. The van der Waals surface area contributed by atoms with E-state index in [0.717, 1.165) is 33.8 Å². The Hall–Kier alpha value is -3.32. The third-order valence-electron chi connectivity index (χ3n) is 5.64. The van der Waals surface area contributed by atoms with E-state index in [0.29, 0.717) is 18.1 Å². The summed E-state index contributed by atoms with van der Waals surface area (Å²) >= 11 is 3.42. The Bertz CT molecular complexity index is 1450. The average molecular weight is 533 g/mol. The van der Waals surface area contributed by atoms with Crippen LogP contribution in [0.5, 0.6) is 5.88 Å². The quantitative estimate of drug-likeness (QED) is 0.303. The number of ether oxygens (including phenoxy) is 1. The summed E-state index contributed by atoms with van der Waals surface area (Å²) in [6.45, 7) is 12.4. The van der Waals surface area contributed by atoms with Gasteiger partial charge in [0.1, 0.15) is 22.7 Å². The zero-order valence-electron chi connectivity index (χ0n) is 20.9. The third-order valence-corrected chi connectivity index (χ3v) is 6.32. The van der Waals surface area contributed by atoms with Crippen LogP contribution >= 0.6 is 15.9 Å². The van der Waals surface area contributed by atoms with Crippen molar-refractivity contribution in [2.45, 2.75) is 53.6 Å². The van der Waals surface area contributed by atoms with Crippen molar-refractivity contribution in [2.75, 3.05) is 0 Å². The molecule has 6 nitrogen and oxygen atoms in total. The molecule has 7 heteroatoms. The highest BCUT2D eigenvalue weighted by Gasteiger charge is 2.20. The Labute approximate surface area is 214 Å². The summed E-state index contributed by atoms with van der Waals surface area (Å²) in [6.07, 6.45) is 1.85. The first-order valence-corrected chi connectivity index (χ1v) is 12.3. The van der Waals surface area contributed by atoms with Gasteiger partial charge in [0.15, 0.2) is 0 Å². The van der Waals surface area contributed by atoms with E-state index in [1.54, 1.807) is 11.5 Å². The van der Waals surface area contributed by atoms with Gasteiger partial charge in [-0.2, -0.15) is 4.98 Å². The summed E-state index contributed by atoms with van der Waals surface area (Å²) in [5.74, 6) is 1.59. The minimum atomic E-state index is -0.233. The van der Waals surface area contributed by atoms with Crippen molar-refractivity contribution in [1.82, 2.24) is 19.5 Å². The molecule has 0 saturated heterocycles. The van der Waals surface area contributed by atoms with Gasteiger partial charge in [-0.3, -0.25) is 9.36 Å². The average Bonchev–Trinajstić information content (AvgIpc) is 2.80. The molecular weight excluding hydrogens is 504 g/mol. The van der Waals surface area contributed by atoms with E-state index in [4.69, 9.17) is 9.72 Å². The van der Waals surface area contributed by atoms with Gasteiger partial charge in [0.2, 0.25) is 5.88 Å². The topological polar surface area (TPSA) is 69.9 Å². The van der Waals surface area contributed by atoms with Crippen molar-refractivity contribution >= 4 is 15.9 Å². The molecule has 2 aromatic carbocycles. The molecule has 0 unspecified atom stereocenters. The summed E-state index contributed by atoms with van der Waals surface area (Å²) in [6, 6.07) is 15.8. The molecule has 0 aliphatic rings. The lowest BCUT2D eigenvalue weighted by atomic mass is 9.95. The number of aromatic nitrogens is 4. The second kappa shape index (κ2) is 9.74. The van der Waals surface area contributed by atoms with Crippen LogP contribution in [0.25, 0.3) is 16.9 Å². The highest BCUT2D eigenvalue weighted by atomic mass is 79.9. The number of nitrogens with zero attached hydrogens (tertiary/aromatic N) is 4. The van der Waals surface area contributed by atoms with E-state index in [-0.39, 0.29) is 21.3 Å². The smallest absolute Gasteiger partial charge is 0.276 e. The maximum absolute atomic E-state index is 13.3. The first kappa shape index (κ1) is 24.8. The Morgan fingerprint density at radius 3 is 2.46 bits per heavy atom. The first-order valence-electron chi connectivity index (χ1n) is 11.5. The molecule has 35 heavy (non-hydrogen) atoms. The molecule has 0 N–H and O–H groups in total. The molecule has 180 valence electrons. The van der Waals surface area contributed by atoms with Crippen LogP contribution in [0.4, 0.5) is 0 Å². The van der Waals surface area contributed by atoms with Crippen molar-refractivity contribution in [2.24, 2.45) is 0 Å². The number of aryl methyl sites for hydroxylation is 3. The number of halogens is 1. The van der Waals surface area contributed by atoms with Crippen LogP contribution in [0.1, 0.15) is 49.1 Å². The minimum Gasteiger partial charge on any atom is -0.472 e. The number of hydrogen-bond donors (Lipinski definition) is 0. The summed E-state index contributed by atoms with van der Waals surface area (Å²) in [7, 11) is 0. The lowest BCUT2D eigenvalue weighted by Crippen LogP contribution is -2.24. The standard InChI is InChI=1S/C28H29BrN4O2/c1-17-9-7-10-20(13-17)16-35-25-23(29)26(34)33(19(3)31-25)22-12-8-11-21(14-22)24-18(2)15-30-27(32-24)28(4,5)6/h7-15H,16H2,1-6H3. The van der Waals surface area contributed by atoms with E-state index < -0.39 is 0 Å².